The van der Waals surface area contributed by atoms with Crippen molar-refractivity contribution in [2.24, 2.45) is 0 Å². The molecule has 0 radical (unpaired) electrons. The Hall–Kier alpha value is -2.73. The van der Waals surface area contributed by atoms with Crippen molar-refractivity contribution in [3.8, 4) is 0 Å². The Bertz CT molecular complexity index is 1060. The van der Waals surface area contributed by atoms with Gasteiger partial charge in [-0.2, -0.15) is 0 Å². The topological polar surface area (TPSA) is 58.2 Å². The number of benzene rings is 2. The lowest BCUT2D eigenvalue weighted by Gasteiger charge is -2.35. The van der Waals surface area contributed by atoms with E-state index in [1.807, 2.05) is 31.2 Å². The van der Waals surface area contributed by atoms with Gasteiger partial charge in [0.25, 0.3) is 5.91 Å². The quantitative estimate of drug-likeness (QED) is 0.670. The molecule has 1 aliphatic heterocycles. The smallest absolute Gasteiger partial charge is 0.254 e. The number of anilines is 1. The fourth-order valence-corrected chi connectivity index (χ4v) is 4.55. The van der Waals surface area contributed by atoms with Crippen molar-refractivity contribution in [1.29, 1.82) is 0 Å². The summed E-state index contributed by atoms with van der Waals surface area (Å²) in [5.74, 6) is -1.08. The van der Waals surface area contributed by atoms with E-state index in [0.717, 1.165) is 34.3 Å². The molecule has 4 rings (SSSR count). The summed E-state index contributed by atoms with van der Waals surface area (Å²) in [5, 5.41) is 6.14. The molecule has 0 bridgehead atoms. The minimum atomic E-state index is -0.463. The minimum Gasteiger partial charge on any atom is -0.362 e. The van der Waals surface area contributed by atoms with Crippen LogP contribution >= 0.6 is 15.9 Å². The summed E-state index contributed by atoms with van der Waals surface area (Å²) in [6.45, 7) is 1.85. The monoisotopic (exact) mass is 454 g/mol. The molecule has 2 aromatic rings. The van der Waals surface area contributed by atoms with E-state index < -0.39 is 5.92 Å². The van der Waals surface area contributed by atoms with Crippen LogP contribution in [0.15, 0.2) is 75.5 Å². The maximum absolute atomic E-state index is 13.3. The summed E-state index contributed by atoms with van der Waals surface area (Å²) in [7, 11) is 0. The average Bonchev–Trinajstić information content (AvgIpc) is 2.69. The Kier molecular flexibility index (Phi) is 5.37. The summed E-state index contributed by atoms with van der Waals surface area (Å²) in [6.07, 6.45) is 2.07. The van der Waals surface area contributed by atoms with Crippen LogP contribution in [0.5, 0.6) is 0 Å². The van der Waals surface area contributed by atoms with Gasteiger partial charge < -0.3 is 10.6 Å². The maximum Gasteiger partial charge on any atom is 0.254 e. The molecule has 1 atom stereocenters. The molecule has 0 unspecified atom stereocenters. The molecular weight excluding hydrogens is 435 g/mol. The normalized spacial score (nSPS) is 19.0. The average molecular weight is 455 g/mol. The highest BCUT2D eigenvalue weighted by Crippen LogP contribution is 2.44. The molecule has 1 amide bonds. The third-order valence-electron chi connectivity index (χ3n) is 5.34. The fraction of sp³-hybridized carbons (Fsp3) is 0.217. The number of nitrogens with one attached hydrogen (secondary N) is 2. The Balaban J connectivity index is 1.80. The van der Waals surface area contributed by atoms with E-state index in [2.05, 4.69) is 26.6 Å². The van der Waals surface area contributed by atoms with Crippen LogP contribution in [0.25, 0.3) is 0 Å². The van der Waals surface area contributed by atoms with Crippen LogP contribution in [0.1, 0.15) is 37.7 Å². The fourth-order valence-electron chi connectivity index (χ4n) is 4.04. The number of halogens is 2. The van der Waals surface area contributed by atoms with Gasteiger partial charge in [0.2, 0.25) is 0 Å². The number of carbonyl (C=O) groups excluding carboxylic acids is 2. The lowest BCUT2D eigenvalue weighted by Crippen LogP contribution is -2.35. The van der Waals surface area contributed by atoms with Gasteiger partial charge in [-0.25, -0.2) is 4.39 Å². The van der Waals surface area contributed by atoms with Crippen molar-refractivity contribution in [3.63, 3.8) is 0 Å². The number of ketones is 1. The number of amides is 1. The number of carbonyl (C=O) groups is 2. The second-order valence-electron chi connectivity index (χ2n) is 7.25. The number of dihydropyridines is 1. The van der Waals surface area contributed by atoms with Gasteiger partial charge in [-0.15, -0.1) is 0 Å². The Morgan fingerprint density at radius 1 is 1.14 bits per heavy atom. The van der Waals surface area contributed by atoms with Gasteiger partial charge >= 0.3 is 0 Å². The van der Waals surface area contributed by atoms with Gasteiger partial charge in [0.1, 0.15) is 5.82 Å². The SMILES string of the molecule is CC1=C(C(=O)Nc2ccc(F)cc2)[C@H](c2ccccc2Br)C2=C(CCCC2=O)N1. The molecule has 0 saturated carbocycles. The number of allylic oxidation sites excluding steroid dienone is 3. The van der Waals surface area contributed by atoms with E-state index in [1.165, 1.54) is 24.3 Å². The van der Waals surface area contributed by atoms with Crippen LogP contribution in [0.4, 0.5) is 10.1 Å². The molecular formula is C23H20BrFN2O2. The lowest BCUT2D eigenvalue weighted by molar-refractivity contribution is -0.116. The molecule has 1 aliphatic carbocycles. The minimum absolute atomic E-state index is 0.0686. The van der Waals surface area contributed by atoms with Crippen LogP contribution in [0, 0.1) is 5.82 Å². The molecule has 0 aromatic heterocycles. The molecule has 0 saturated heterocycles. The summed E-state index contributed by atoms with van der Waals surface area (Å²) in [5.41, 5.74) is 4.16. The number of hydrogen-bond acceptors (Lipinski definition) is 3. The number of hydrogen-bond donors (Lipinski definition) is 2. The lowest BCUT2D eigenvalue weighted by atomic mass is 9.75. The van der Waals surface area contributed by atoms with Crippen LogP contribution < -0.4 is 10.6 Å². The Morgan fingerprint density at radius 3 is 2.59 bits per heavy atom. The highest BCUT2D eigenvalue weighted by atomic mass is 79.9. The Labute approximate surface area is 177 Å². The van der Waals surface area contributed by atoms with Crippen molar-refractivity contribution in [2.45, 2.75) is 32.1 Å². The Morgan fingerprint density at radius 2 is 1.86 bits per heavy atom. The van der Waals surface area contributed by atoms with Crippen LogP contribution in [-0.2, 0) is 9.59 Å². The van der Waals surface area contributed by atoms with E-state index in [9.17, 15) is 14.0 Å². The first-order valence-electron chi connectivity index (χ1n) is 9.51. The van der Waals surface area contributed by atoms with Gasteiger partial charge in [0, 0.05) is 45.0 Å². The van der Waals surface area contributed by atoms with E-state index in [-0.39, 0.29) is 17.5 Å². The zero-order valence-corrected chi connectivity index (χ0v) is 17.5. The van der Waals surface area contributed by atoms with Crippen molar-refractivity contribution < 1.29 is 14.0 Å². The standard InChI is InChI=1S/C23H20BrFN2O2/c1-13-20(23(29)27-15-11-9-14(25)10-12-15)21(16-5-2-3-6-17(16)24)22-18(26-13)7-4-8-19(22)28/h2-3,5-6,9-12,21,26H,4,7-8H2,1H3,(H,27,29)/t21-/m0/s1. The van der Waals surface area contributed by atoms with Crippen LogP contribution in [0.2, 0.25) is 0 Å². The zero-order valence-electron chi connectivity index (χ0n) is 15.9. The largest absolute Gasteiger partial charge is 0.362 e. The maximum atomic E-state index is 13.3. The van der Waals surface area contributed by atoms with E-state index >= 15 is 0 Å². The summed E-state index contributed by atoms with van der Waals surface area (Å²) >= 11 is 3.59. The zero-order chi connectivity index (χ0) is 20.5. The first kappa shape index (κ1) is 19.6. The van der Waals surface area contributed by atoms with Crippen molar-refractivity contribution in [2.75, 3.05) is 5.32 Å². The van der Waals surface area contributed by atoms with Gasteiger partial charge in [0.15, 0.2) is 5.78 Å². The molecule has 29 heavy (non-hydrogen) atoms. The van der Waals surface area contributed by atoms with Crippen LogP contribution in [-0.4, -0.2) is 11.7 Å². The predicted molar refractivity (Wildman–Crippen MR) is 114 cm³/mol. The van der Waals surface area contributed by atoms with E-state index in [0.29, 0.717) is 23.3 Å². The molecule has 6 heteroatoms. The highest BCUT2D eigenvalue weighted by Gasteiger charge is 2.39. The van der Waals surface area contributed by atoms with Crippen molar-refractivity contribution in [3.05, 3.63) is 86.9 Å². The van der Waals surface area contributed by atoms with Gasteiger partial charge in [-0.3, -0.25) is 9.59 Å². The second-order valence-corrected chi connectivity index (χ2v) is 8.10. The number of Topliss-reactive ketones (excluding diaryl/α,β-unsaturated/α-hetero) is 1. The second kappa shape index (κ2) is 7.95. The van der Waals surface area contributed by atoms with Crippen molar-refractivity contribution in [1.82, 2.24) is 5.32 Å². The van der Waals surface area contributed by atoms with Gasteiger partial charge in [-0.05, 0) is 55.7 Å². The molecule has 2 aromatic carbocycles. The number of rotatable bonds is 3. The molecule has 1 heterocycles. The van der Waals surface area contributed by atoms with Gasteiger partial charge in [0.05, 0.1) is 0 Å². The van der Waals surface area contributed by atoms with E-state index in [1.54, 1.807) is 0 Å². The van der Waals surface area contributed by atoms with Crippen molar-refractivity contribution >= 4 is 33.3 Å². The van der Waals surface area contributed by atoms with Gasteiger partial charge in [-0.1, -0.05) is 34.1 Å². The van der Waals surface area contributed by atoms with E-state index in [4.69, 9.17) is 0 Å². The molecule has 148 valence electrons. The molecule has 2 aliphatic rings. The predicted octanol–water partition coefficient (Wildman–Crippen LogP) is 5.19. The first-order valence-corrected chi connectivity index (χ1v) is 10.3. The summed E-state index contributed by atoms with van der Waals surface area (Å²) < 4.78 is 14.1. The summed E-state index contributed by atoms with van der Waals surface area (Å²) in [4.78, 5) is 26.2. The van der Waals surface area contributed by atoms with Crippen LogP contribution in [0.3, 0.4) is 0 Å². The third kappa shape index (κ3) is 3.77. The first-order chi connectivity index (χ1) is 14.0. The summed E-state index contributed by atoms with van der Waals surface area (Å²) in [6, 6.07) is 13.3. The molecule has 2 N–H and O–H groups in total. The molecule has 4 nitrogen and oxygen atoms in total. The third-order valence-corrected chi connectivity index (χ3v) is 6.06. The highest BCUT2D eigenvalue weighted by molar-refractivity contribution is 9.10. The molecule has 0 spiro atoms. The molecule has 0 fully saturated rings.